The topological polar surface area (TPSA) is 398 Å². The number of nitro benzene ring substituents is 1. The number of nitrogens with zero attached hydrogens (tertiary/aromatic N) is 3. The first-order chi connectivity index (χ1) is 70.1. The number of fused-ring (bicyclic) bond motifs is 2. The van der Waals surface area contributed by atoms with Crippen molar-refractivity contribution in [2.75, 3.05) is 73.2 Å². The number of non-ortho nitro benzene ring substituents is 1. The normalized spacial score (nSPS) is 21.8. The Morgan fingerprint density at radius 3 is 1.23 bits per heavy atom. The minimum atomic E-state index is -0.630. The summed E-state index contributed by atoms with van der Waals surface area (Å²) in [5, 5.41) is 55.3. The van der Waals surface area contributed by atoms with Gasteiger partial charge in [0, 0.05) is 69.5 Å². The quantitative estimate of drug-likeness (QED) is 0.00320. The maximum absolute atomic E-state index is 12.0. The molecule has 0 spiro atoms. The van der Waals surface area contributed by atoms with E-state index in [-0.39, 0.29) is 177 Å². The number of nitro groups is 1. The number of aryl methyl sites for hydroxylation is 3. The zero-order valence-corrected chi connectivity index (χ0v) is 90.8. The molecule has 0 aliphatic heterocycles. The molecular weight excluding hydrogens is 1910 g/mol. The van der Waals surface area contributed by atoms with E-state index < -0.39 is 16.9 Å². The van der Waals surface area contributed by atoms with Crippen LogP contribution in [0.3, 0.4) is 0 Å². The predicted octanol–water partition coefficient (Wildman–Crippen LogP) is 12.7. The second-order valence-electron chi connectivity index (χ2n) is 38.0. The van der Waals surface area contributed by atoms with E-state index in [1.165, 1.54) is 87.2 Å². The van der Waals surface area contributed by atoms with E-state index in [1.54, 1.807) is 39.8 Å². The SMILES string of the molecule is CC(C)(C)Oc1ccc2c(c1)CC[C@H](c1ccccc1)[C@@H]2c1ccc(O)cc1.CCCCOC1CC(O)C1.CCCCOC1CC(O)C1.CCCCOC1CC(OCC(=O)OCC)C1.CCOC(=O)C=[N+]=[N-].CCOC(=O)COC1CC(O)C1.CCOC(=O)COC1CC(Oc2ccc([C@@H]3c4ccc(C)cc4CC[C@@H]3c3ccccc3)cc2)C1.C[O-].O=C(OC1CC(OCc2ccccc2)C1)c1ccc([N+](=O)[O-])cc1.[AlH3].[H-].[Li+].[Na+]. The van der Waals surface area contributed by atoms with Crippen LogP contribution in [0, 0.1) is 17.0 Å². The molecule has 148 heavy (non-hydrogen) atoms. The summed E-state index contributed by atoms with van der Waals surface area (Å²) in [4.78, 5) is 67.8. The average Bonchev–Trinajstić information content (AvgIpc) is 0.806. The van der Waals surface area contributed by atoms with E-state index >= 15 is 0 Å². The molecule has 16 rings (SSSR count). The van der Waals surface area contributed by atoms with Gasteiger partial charge in [0.05, 0.1) is 105 Å². The number of aliphatic hydroxyl groups excluding tert-OH is 3. The number of phenols is 1. The molecule has 0 radical (unpaired) electrons. The first-order valence-corrected chi connectivity index (χ1v) is 51.7. The maximum atomic E-state index is 12.0. The number of hydrogen-bond acceptors (Lipinski definition) is 26. The number of esters is 5. The van der Waals surface area contributed by atoms with Crippen molar-refractivity contribution in [3.63, 3.8) is 0 Å². The van der Waals surface area contributed by atoms with Crippen molar-refractivity contribution in [1.29, 1.82) is 0 Å². The van der Waals surface area contributed by atoms with Crippen molar-refractivity contribution in [2.24, 2.45) is 0 Å². The smallest absolute Gasteiger partial charge is 1.00 e. The molecule has 0 unspecified atom stereocenters. The Kier molecular flexibility index (Phi) is 62.7. The predicted molar refractivity (Wildman–Crippen MR) is 563 cm³/mol. The first-order valence-electron chi connectivity index (χ1n) is 51.7. The van der Waals surface area contributed by atoms with Gasteiger partial charge in [0.15, 0.2) is 17.4 Å². The zero-order valence-electron chi connectivity index (χ0n) is 89.8. The van der Waals surface area contributed by atoms with Crippen LogP contribution in [0.4, 0.5) is 5.69 Å². The molecule has 4 atom stereocenters. The molecule has 4 N–H and O–H groups in total. The molecule has 6 fully saturated rings. The van der Waals surface area contributed by atoms with E-state index in [0.29, 0.717) is 112 Å². The van der Waals surface area contributed by atoms with Gasteiger partial charge in [0.25, 0.3) is 5.69 Å². The molecule has 0 amide bonds. The molecule has 0 aromatic heterocycles. The Balaban J connectivity index is 0.000000369. The summed E-state index contributed by atoms with van der Waals surface area (Å²) in [6.07, 6.45) is 22.5. The number of hydrogen-bond donors (Lipinski definition) is 4. The minimum Gasteiger partial charge on any atom is -1.00 e. The van der Waals surface area contributed by atoms with Crippen LogP contribution in [-0.4, -0.2) is 236 Å². The Morgan fingerprint density at radius 1 is 0.453 bits per heavy atom. The van der Waals surface area contributed by atoms with Crippen molar-refractivity contribution < 1.29 is 175 Å². The van der Waals surface area contributed by atoms with Gasteiger partial charge in [0.1, 0.15) is 54.9 Å². The summed E-state index contributed by atoms with van der Waals surface area (Å²) in [5.74, 6) is 1.62. The van der Waals surface area contributed by atoms with E-state index in [9.17, 15) is 39.2 Å². The van der Waals surface area contributed by atoms with Gasteiger partial charge in [-0.3, -0.25) is 10.1 Å². The van der Waals surface area contributed by atoms with Crippen molar-refractivity contribution in [2.45, 2.75) is 327 Å². The van der Waals surface area contributed by atoms with Crippen LogP contribution in [0.15, 0.2) is 200 Å². The second kappa shape index (κ2) is 71.7. The van der Waals surface area contributed by atoms with E-state index in [2.05, 4.69) is 196 Å². The molecule has 0 saturated heterocycles. The summed E-state index contributed by atoms with van der Waals surface area (Å²) >= 11 is 0. The van der Waals surface area contributed by atoms with Gasteiger partial charge >= 0.3 is 84.5 Å². The van der Waals surface area contributed by atoms with Gasteiger partial charge in [-0.15, -0.1) is 0 Å². The molecule has 8 aromatic rings. The Hall–Kier alpha value is -9.02. The summed E-state index contributed by atoms with van der Waals surface area (Å²) in [7, 11) is 0.750. The van der Waals surface area contributed by atoms with Crippen molar-refractivity contribution in [3.8, 4) is 17.2 Å². The zero-order chi connectivity index (χ0) is 105. The third kappa shape index (κ3) is 47.1. The molecule has 8 aliphatic carbocycles. The van der Waals surface area contributed by atoms with Crippen LogP contribution >= 0.6 is 0 Å². The Bertz CT molecular complexity index is 5080. The molecule has 8 aliphatic rings. The van der Waals surface area contributed by atoms with Crippen LogP contribution in [0.2, 0.25) is 0 Å². The largest absolute Gasteiger partial charge is 1.00 e. The number of unbranched alkanes of at least 4 members (excludes halogenated alkanes) is 3. The fourth-order valence-corrected chi connectivity index (χ4v) is 17.3. The van der Waals surface area contributed by atoms with E-state index in [4.69, 9.17) is 82.8 Å². The van der Waals surface area contributed by atoms with Gasteiger partial charge in [0.2, 0.25) is 0 Å². The minimum absolute atomic E-state index is 0. The van der Waals surface area contributed by atoms with Crippen molar-refractivity contribution >= 4 is 59.1 Å². The second-order valence-corrected chi connectivity index (χ2v) is 38.0. The van der Waals surface area contributed by atoms with Crippen LogP contribution in [0.25, 0.3) is 5.53 Å². The van der Waals surface area contributed by atoms with Crippen molar-refractivity contribution in [3.05, 3.63) is 277 Å². The molecule has 0 bridgehead atoms. The maximum Gasteiger partial charge on any atom is 1.00 e. The number of rotatable bonds is 39. The first kappa shape index (κ1) is 129. The van der Waals surface area contributed by atoms with Gasteiger partial charge < -0.3 is 98.8 Å². The fourth-order valence-electron chi connectivity index (χ4n) is 17.3. The molecule has 6 saturated carbocycles. The number of carbonyl (C=O) groups is 5. The number of phenolic OH excluding ortho intramolecular Hbond substituents is 1. The van der Waals surface area contributed by atoms with Gasteiger partial charge in [-0.2, -0.15) is 11.9 Å². The average molecular weight is 2070 g/mol. The van der Waals surface area contributed by atoms with Gasteiger partial charge in [-0.25, -0.2) is 24.0 Å². The molecule has 0 heterocycles. The number of aromatic hydroxyl groups is 1. The van der Waals surface area contributed by atoms with Gasteiger partial charge in [-0.05, 0) is 262 Å². The summed E-state index contributed by atoms with van der Waals surface area (Å²) in [6, 6.07) is 66.9. The fraction of sp³-hybridized carbons (Fsp3) is 0.534. The number of carbonyl (C=O) groups excluding carboxylic acids is 5. The Morgan fingerprint density at radius 2 is 0.824 bits per heavy atom. The van der Waals surface area contributed by atoms with E-state index in [0.717, 1.165) is 147 Å². The molecule has 32 heteroatoms. The summed E-state index contributed by atoms with van der Waals surface area (Å²) in [5.41, 5.74) is 21.3. The third-order valence-electron chi connectivity index (χ3n) is 25.5. The molecule has 8 aromatic carbocycles. The van der Waals surface area contributed by atoms with Crippen LogP contribution in [-0.2, 0) is 95.5 Å². The number of aliphatic hydroxyl groups is 3. The van der Waals surface area contributed by atoms with Crippen LogP contribution in [0.1, 0.15) is 289 Å². The molecule has 29 nitrogen and oxygen atoms in total. The standard InChI is InChI=1S/C31H34O4.C26H28O2.C18H17NO5.C12H22O4.C8H14O4.2C8H16O2.C4H6N2O2.CH3O.Al.Li.Na.4H/c1-3-33-30(32)20-34-26-18-27(19-26)35-25-13-10-23(11-14-25)31-28(22-7-5-4-6-8-22)16-12-24-17-21(2)9-15-29(24)31;1-26(2,3)28-22-14-16-24-20(17-22)11-15-23(18-7-5-4-6-8-18)25(24)19-9-12-21(27)13-10-19;20-18(14-6-8-15(9-7-14)19(21)22)24-17-10-16(11-17)23-12-13-4-2-1-3-5-13;1-3-5-6-15-10-7-11(8-10)16-9-12(13)14-4-2;1-2-11-8(10)5-12-7-3-6(9)4-7;2*1-2-3-4-10-8-5-7(9)6-8;1-2-8-4(7)3-6-5;1-2;;;;;;;/h4-11,13-15,17,26-28,31H,3,12,16,18-20H2,1-2H3;4-10,12-14,16-17,23,25,27H,11,15H2,1-3H3;1-9,16-17H,10-12H2;10-11H,3-9H2,1-2H3;6-7,9H,2-5H2,1H3;2*7-9H,2-6H2,1H3;3H,2H2,1H3;1H3;;;;;;;/q;;;;;;;;-1;;2*+1;;;;-1/t26?,27?,28-,31+;23-,25+;;;;;;;;;;;;;;/m11............../s1. The number of benzene rings is 8. The third-order valence-corrected chi connectivity index (χ3v) is 25.5. The van der Waals surface area contributed by atoms with Crippen molar-refractivity contribution in [1.82, 2.24) is 0 Å². The Labute approximate surface area is 921 Å². The molecular formula is C116H160AlLiN3NaO26. The molecule has 800 valence electrons. The van der Waals surface area contributed by atoms with Gasteiger partial charge in [-0.1, -0.05) is 185 Å². The van der Waals surface area contributed by atoms with E-state index in [1.807, 2.05) is 30.3 Å². The van der Waals surface area contributed by atoms with Crippen LogP contribution < -0.4 is 63.0 Å². The monoisotopic (exact) mass is 2070 g/mol. The van der Waals surface area contributed by atoms with Crippen LogP contribution in [0.5, 0.6) is 17.2 Å². The number of ether oxygens (including phenoxy) is 14. The summed E-state index contributed by atoms with van der Waals surface area (Å²) < 4.78 is 74.7. The summed E-state index contributed by atoms with van der Waals surface area (Å²) in [6.45, 7) is 26.6.